The summed E-state index contributed by atoms with van der Waals surface area (Å²) >= 11 is 5.07. The first-order chi connectivity index (χ1) is 4.16. The molecule has 0 saturated carbocycles. The Bertz CT molecular complexity index is 97.0. The maximum absolute atomic E-state index is 12.1. The molecule has 0 spiro atoms. The Morgan fingerprint density at radius 3 is 2.78 bits per heavy atom. The quantitative estimate of drug-likeness (QED) is 0.450. The average Bonchev–Trinajstić information content (AvgIpc) is 1.83. The van der Waals surface area contributed by atoms with E-state index in [1.165, 1.54) is 6.92 Å². The standard InChI is InChI=1S/C5H8ClFO2/c1-4(8)9-3-5(7)2-6/h5H,2-3H2,1H3. The number of halogens is 2. The molecule has 0 fully saturated rings. The van der Waals surface area contributed by atoms with Gasteiger partial charge in [0.05, 0.1) is 5.88 Å². The molecule has 0 radical (unpaired) electrons. The number of carbonyl (C=O) groups excluding carboxylic acids is 1. The van der Waals surface area contributed by atoms with Crippen LogP contribution in [-0.2, 0) is 9.53 Å². The van der Waals surface area contributed by atoms with Crippen LogP contribution in [0, 0.1) is 0 Å². The van der Waals surface area contributed by atoms with Crippen molar-refractivity contribution < 1.29 is 13.9 Å². The fraction of sp³-hybridized carbons (Fsp3) is 0.800. The highest BCUT2D eigenvalue weighted by molar-refractivity contribution is 6.18. The lowest BCUT2D eigenvalue weighted by Gasteiger charge is -2.02. The third kappa shape index (κ3) is 5.56. The minimum absolute atomic E-state index is 0.132. The van der Waals surface area contributed by atoms with Gasteiger partial charge < -0.3 is 4.74 Å². The smallest absolute Gasteiger partial charge is 0.302 e. The van der Waals surface area contributed by atoms with Crippen molar-refractivity contribution in [2.24, 2.45) is 0 Å². The van der Waals surface area contributed by atoms with Gasteiger partial charge in [0.25, 0.3) is 0 Å². The Morgan fingerprint density at radius 1 is 1.89 bits per heavy atom. The molecule has 0 saturated heterocycles. The van der Waals surface area contributed by atoms with Crippen LogP contribution in [0.1, 0.15) is 6.92 Å². The van der Waals surface area contributed by atoms with Gasteiger partial charge in [-0.1, -0.05) is 0 Å². The molecule has 0 aliphatic rings. The van der Waals surface area contributed by atoms with E-state index in [1.807, 2.05) is 0 Å². The molecule has 0 aliphatic carbocycles. The molecular weight excluding hydrogens is 147 g/mol. The van der Waals surface area contributed by atoms with Gasteiger partial charge in [-0.3, -0.25) is 4.79 Å². The SMILES string of the molecule is CC(=O)OCC(F)CCl. The van der Waals surface area contributed by atoms with E-state index in [0.29, 0.717) is 0 Å². The molecule has 54 valence electrons. The highest BCUT2D eigenvalue weighted by Crippen LogP contribution is 1.94. The summed E-state index contributed by atoms with van der Waals surface area (Å²) in [6.45, 7) is 0.986. The largest absolute Gasteiger partial charge is 0.463 e. The topological polar surface area (TPSA) is 26.3 Å². The molecule has 0 rings (SSSR count). The van der Waals surface area contributed by atoms with Gasteiger partial charge in [-0.05, 0) is 0 Å². The third-order valence-corrected chi connectivity index (χ3v) is 0.970. The van der Waals surface area contributed by atoms with E-state index in [-0.39, 0.29) is 12.5 Å². The molecule has 0 amide bonds. The van der Waals surface area contributed by atoms with Gasteiger partial charge in [0, 0.05) is 6.92 Å². The Labute approximate surface area is 57.9 Å². The normalized spacial score (nSPS) is 12.8. The van der Waals surface area contributed by atoms with Crippen LogP contribution in [0.4, 0.5) is 4.39 Å². The van der Waals surface area contributed by atoms with Crippen molar-refractivity contribution in [2.45, 2.75) is 13.1 Å². The maximum atomic E-state index is 12.1. The van der Waals surface area contributed by atoms with Crippen molar-refractivity contribution in [1.82, 2.24) is 0 Å². The fourth-order valence-electron chi connectivity index (χ4n) is 0.252. The highest BCUT2D eigenvalue weighted by Gasteiger charge is 2.04. The van der Waals surface area contributed by atoms with E-state index in [9.17, 15) is 9.18 Å². The second-order valence-corrected chi connectivity index (χ2v) is 1.86. The van der Waals surface area contributed by atoms with Gasteiger partial charge in [0.15, 0.2) is 0 Å². The lowest BCUT2D eigenvalue weighted by Crippen LogP contribution is -2.13. The molecular formula is C5H8ClFO2. The number of carbonyl (C=O) groups is 1. The summed E-state index contributed by atoms with van der Waals surface area (Å²) in [6.07, 6.45) is -1.24. The predicted octanol–water partition coefficient (Wildman–Crippen LogP) is 1.13. The van der Waals surface area contributed by atoms with Crippen molar-refractivity contribution in [3.8, 4) is 0 Å². The molecule has 1 unspecified atom stereocenters. The monoisotopic (exact) mass is 154 g/mol. The lowest BCUT2D eigenvalue weighted by molar-refractivity contribution is -0.142. The predicted molar refractivity (Wildman–Crippen MR) is 32.2 cm³/mol. The van der Waals surface area contributed by atoms with Crippen LogP contribution in [-0.4, -0.2) is 24.6 Å². The minimum atomic E-state index is -1.24. The Morgan fingerprint density at radius 2 is 2.44 bits per heavy atom. The van der Waals surface area contributed by atoms with Crippen LogP contribution in [0.15, 0.2) is 0 Å². The summed E-state index contributed by atoms with van der Waals surface area (Å²) in [5.74, 6) is -0.615. The van der Waals surface area contributed by atoms with E-state index in [2.05, 4.69) is 4.74 Å². The average molecular weight is 155 g/mol. The van der Waals surface area contributed by atoms with E-state index in [1.54, 1.807) is 0 Å². The molecule has 0 aromatic carbocycles. The van der Waals surface area contributed by atoms with Gasteiger partial charge >= 0.3 is 5.97 Å². The number of esters is 1. The van der Waals surface area contributed by atoms with Crippen molar-refractivity contribution in [3.05, 3.63) is 0 Å². The van der Waals surface area contributed by atoms with Gasteiger partial charge in [-0.25, -0.2) is 4.39 Å². The summed E-state index contributed by atoms with van der Waals surface area (Å²) in [7, 11) is 0. The number of ether oxygens (including phenoxy) is 1. The third-order valence-electron chi connectivity index (χ3n) is 0.635. The molecule has 9 heavy (non-hydrogen) atoms. The summed E-state index contributed by atoms with van der Waals surface area (Å²) in [4.78, 5) is 10.0. The molecule has 0 bridgehead atoms. The first-order valence-electron chi connectivity index (χ1n) is 2.50. The second kappa shape index (κ2) is 4.56. The van der Waals surface area contributed by atoms with E-state index in [0.717, 1.165) is 0 Å². The van der Waals surface area contributed by atoms with Crippen LogP contribution in [0.3, 0.4) is 0 Å². The summed E-state index contributed by atoms with van der Waals surface area (Å²) < 4.78 is 16.4. The van der Waals surface area contributed by atoms with Crippen LogP contribution in [0.25, 0.3) is 0 Å². The highest BCUT2D eigenvalue weighted by atomic mass is 35.5. The van der Waals surface area contributed by atoms with Gasteiger partial charge in [0.1, 0.15) is 12.8 Å². The van der Waals surface area contributed by atoms with E-state index in [4.69, 9.17) is 11.6 Å². The zero-order chi connectivity index (χ0) is 7.28. The number of rotatable bonds is 3. The zero-order valence-corrected chi connectivity index (χ0v) is 5.82. The van der Waals surface area contributed by atoms with Gasteiger partial charge in [0.2, 0.25) is 0 Å². The van der Waals surface area contributed by atoms with Crippen molar-refractivity contribution in [1.29, 1.82) is 0 Å². The fourth-order valence-corrected chi connectivity index (χ4v) is 0.341. The summed E-state index contributed by atoms with van der Waals surface area (Å²) in [6, 6.07) is 0. The zero-order valence-electron chi connectivity index (χ0n) is 5.06. The summed E-state index contributed by atoms with van der Waals surface area (Å²) in [5, 5.41) is 0. The first kappa shape index (κ1) is 8.69. The van der Waals surface area contributed by atoms with Crippen LogP contribution in [0.5, 0.6) is 0 Å². The minimum Gasteiger partial charge on any atom is -0.463 e. The molecule has 0 heterocycles. The van der Waals surface area contributed by atoms with Gasteiger partial charge in [-0.2, -0.15) is 0 Å². The number of hydrogen-bond donors (Lipinski definition) is 0. The molecule has 0 aromatic rings. The first-order valence-corrected chi connectivity index (χ1v) is 3.03. The van der Waals surface area contributed by atoms with E-state index < -0.39 is 12.1 Å². The van der Waals surface area contributed by atoms with Crippen LogP contribution in [0.2, 0.25) is 0 Å². The molecule has 2 nitrogen and oxygen atoms in total. The Kier molecular flexibility index (Phi) is 4.40. The second-order valence-electron chi connectivity index (χ2n) is 1.55. The van der Waals surface area contributed by atoms with E-state index >= 15 is 0 Å². The lowest BCUT2D eigenvalue weighted by atomic mass is 10.5. The Balaban J connectivity index is 3.16. The summed E-state index contributed by atoms with van der Waals surface area (Å²) in [5.41, 5.74) is 0. The molecule has 0 N–H and O–H groups in total. The van der Waals surface area contributed by atoms with Crippen molar-refractivity contribution >= 4 is 17.6 Å². The maximum Gasteiger partial charge on any atom is 0.302 e. The van der Waals surface area contributed by atoms with Crippen LogP contribution >= 0.6 is 11.6 Å². The number of hydrogen-bond acceptors (Lipinski definition) is 2. The van der Waals surface area contributed by atoms with Crippen molar-refractivity contribution in [2.75, 3.05) is 12.5 Å². The Hall–Kier alpha value is -0.310. The number of alkyl halides is 2. The van der Waals surface area contributed by atoms with Gasteiger partial charge in [-0.15, -0.1) is 11.6 Å². The molecule has 1 atom stereocenters. The van der Waals surface area contributed by atoms with Crippen LogP contribution < -0.4 is 0 Å². The molecule has 4 heteroatoms. The molecule has 0 aromatic heterocycles. The van der Waals surface area contributed by atoms with Crippen molar-refractivity contribution in [3.63, 3.8) is 0 Å². The molecule has 0 aliphatic heterocycles.